The first-order chi connectivity index (χ1) is 4.25. The molecular formula is C6H7NO2Pb. The fourth-order valence-electron chi connectivity index (χ4n) is 0.743. The van der Waals surface area contributed by atoms with Crippen molar-refractivity contribution in [2.75, 3.05) is 6.54 Å². The quantitative estimate of drug-likeness (QED) is 0.482. The molecule has 4 radical (unpaired) electrons. The van der Waals surface area contributed by atoms with Gasteiger partial charge in [0, 0.05) is 46.0 Å². The smallest absolute Gasteiger partial charge is 0.253 e. The Morgan fingerprint density at radius 1 is 1.30 bits per heavy atom. The van der Waals surface area contributed by atoms with E-state index in [1.54, 1.807) is 6.92 Å². The largest absolute Gasteiger partial charge is 0.276 e. The maximum absolute atomic E-state index is 10.6. The molecule has 0 saturated heterocycles. The van der Waals surface area contributed by atoms with Crippen molar-refractivity contribution in [3.05, 3.63) is 12.2 Å². The third-order valence-electron chi connectivity index (χ3n) is 1.22. The molecule has 0 N–H and O–H groups in total. The van der Waals surface area contributed by atoms with Gasteiger partial charge in [0.05, 0.1) is 0 Å². The first-order valence-electron chi connectivity index (χ1n) is 2.79. The van der Waals surface area contributed by atoms with E-state index in [-0.39, 0.29) is 39.1 Å². The van der Waals surface area contributed by atoms with Crippen LogP contribution in [0.4, 0.5) is 0 Å². The van der Waals surface area contributed by atoms with Crippen LogP contribution in [0.2, 0.25) is 0 Å². The monoisotopic (exact) mass is 333 g/mol. The van der Waals surface area contributed by atoms with Gasteiger partial charge in [0.25, 0.3) is 11.8 Å². The van der Waals surface area contributed by atoms with Gasteiger partial charge in [-0.05, 0) is 6.92 Å². The second-order valence-corrected chi connectivity index (χ2v) is 1.75. The Kier molecular flexibility index (Phi) is 3.77. The summed E-state index contributed by atoms with van der Waals surface area (Å²) in [7, 11) is 0. The van der Waals surface area contributed by atoms with Crippen LogP contribution in [0.25, 0.3) is 0 Å². The molecule has 52 valence electrons. The van der Waals surface area contributed by atoms with E-state index in [9.17, 15) is 9.59 Å². The third kappa shape index (κ3) is 1.65. The second-order valence-electron chi connectivity index (χ2n) is 1.75. The summed E-state index contributed by atoms with van der Waals surface area (Å²) in [5.41, 5.74) is 0. The first kappa shape index (κ1) is 9.80. The molecule has 0 fully saturated rings. The average molecular weight is 332 g/mol. The van der Waals surface area contributed by atoms with Crippen LogP contribution in [-0.2, 0) is 9.59 Å². The number of carbonyl (C=O) groups is 2. The van der Waals surface area contributed by atoms with Crippen LogP contribution in [0.15, 0.2) is 12.2 Å². The van der Waals surface area contributed by atoms with Crippen LogP contribution < -0.4 is 0 Å². The summed E-state index contributed by atoms with van der Waals surface area (Å²) in [6.45, 7) is 2.23. The Morgan fingerprint density at radius 3 is 1.90 bits per heavy atom. The minimum atomic E-state index is -0.206. The first-order valence-corrected chi connectivity index (χ1v) is 2.79. The third-order valence-corrected chi connectivity index (χ3v) is 1.22. The van der Waals surface area contributed by atoms with Crippen molar-refractivity contribution < 1.29 is 9.59 Å². The van der Waals surface area contributed by atoms with Gasteiger partial charge in [0.1, 0.15) is 0 Å². The molecule has 1 rings (SSSR count). The van der Waals surface area contributed by atoms with Gasteiger partial charge in [-0.1, -0.05) is 0 Å². The van der Waals surface area contributed by atoms with Crippen LogP contribution in [0.5, 0.6) is 0 Å². The van der Waals surface area contributed by atoms with E-state index in [1.165, 1.54) is 17.1 Å². The molecule has 0 spiro atoms. The molecule has 10 heavy (non-hydrogen) atoms. The van der Waals surface area contributed by atoms with Crippen molar-refractivity contribution in [3.8, 4) is 0 Å². The summed E-state index contributed by atoms with van der Waals surface area (Å²) in [4.78, 5) is 22.4. The van der Waals surface area contributed by atoms with Crippen molar-refractivity contribution in [1.82, 2.24) is 4.90 Å². The Morgan fingerprint density at radius 2 is 1.70 bits per heavy atom. The van der Waals surface area contributed by atoms with Gasteiger partial charge in [-0.3, -0.25) is 14.5 Å². The van der Waals surface area contributed by atoms with E-state index in [0.717, 1.165) is 0 Å². The molecule has 3 nitrogen and oxygen atoms in total. The molecule has 4 heteroatoms. The summed E-state index contributed by atoms with van der Waals surface area (Å²) in [5.74, 6) is -0.412. The number of hydrogen-bond donors (Lipinski definition) is 0. The fourth-order valence-corrected chi connectivity index (χ4v) is 0.743. The van der Waals surface area contributed by atoms with Crippen molar-refractivity contribution in [2.45, 2.75) is 6.92 Å². The Balaban J connectivity index is 0.000000810. The predicted molar refractivity (Wildman–Crippen MR) is 37.3 cm³/mol. The molecular weight excluding hydrogens is 325 g/mol. The van der Waals surface area contributed by atoms with E-state index in [0.29, 0.717) is 6.54 Å². The Bertz CT molecular complexity index is 170. The zero-order valence-electron chi connectivity index (χ0n) is 5.63. The summed E-state index contributed by atoms with van der Waals surface area (Å²) < 4.78 is 0. The Hall–Kier alpha value is -0.198. The van der Waals surface area contributed by atoms with Crippen LogP contribution in [0, 0.1) is 0 Å². The number of hydrogen-bond acceptors (Lipinski definition) is 2. The second kappa shape index (κ2) is 3.85. The number of imide groups is 1. The minimum Gasteiger partial charge on any atom is -0.276 e. The molecule has 0 aliphatic carbocycles. The molecule has 0 atom stereocenters. The van der Waals surface area contributed by atoms with Gasteiger partial charge >= 0.3 is 0 Å². The van der Waals surface area contributed by atoms with Crippen molar-refractivity contribution in [3.63, 3.8) is 0 Å². The number of likely N-dealkylation sites (N-methyl/N-ethyl adjacent to an activating group) is 1. The molecule has 0 aromatic carbocycles. The molecule has 2 amide bonds. The molecule has 0 aromatic rings. The molecule has 0 bridgehead atoms. The summed E-state index contributed by atoms with van der Waals surface area (Å²) in [6, 6.07) is 0. The standard InChI is InChI=1S/C6H7NO2.Pb/c1-2-7-5(8)3-4-6(7)9;/h3-4H,2H2,1H3;. The van der Waals surface area contributed by atoms with E-state index in [1.807, 2.05) is 0 Å². The maximum Gasteiger partial charge on any atom is 0.253 e. The normalized spacial score (nSPS) is 15.9. The van der Waals surface area contributed by atoms with E-state index in [2.05, 4.69) is 0 Å². The van der Waals surface area contributed by atoms with Crippen molar-refractivity contribution in [2.24, 2.45) is 0 Å². The summed E-state index contributed by atoms with van der Waals surface area (Å²) >= 11 is 0. The van der Waals surface area contributed by atoms with Gasteiger partial charge in [-0.2, -0.15) is 0 Å². The number of nitrogens with zero attached hydrogens (tertiary/aromatic N) is 1. The number of carbonyl (C=O) groups excluding carboxylic acids is 2. The van der Waals surface area contributed by atoms with E-state index in [4.69, 9.17) is 0 Å². The molecule has 1 heterocycles. The molecule has 0 unspecified atom stereocenters. The number of amides is 2. The SMILES string of the molecule is CCN1C(=O)C=CC1=O.[Pb]. The van der Waals surface area contributed by atoms with Crippen molar-refractivity contribution in [1.29, 1.82) is 0 Å². The average Bonchev–Trinajstić information content (AvgIpc) is 2.12. The van der Waals surface area contributed by atoms with Crippen LogP contribution in [0.3, 0.4) is 0 Å². The van der Waals surface area contributed by atoms with Gasteiger partial charge in [0.15, 0.2) is 0 Å². The minimum absolute atomic E-state index is 0. The van der Waals surface area contributed by atoms with Gasteiger partial charge in [-0.15, -0.1) is 0 Å². The summed E-state index contributed by atoms with van der Waals surface area (Å²) in [6.07, 6.45) is 2.57. The topological polar surface area (TPSA) is 37.4 Å². The Labute approximate surface area is 79.2 Å². The van der Waals surface area contributed by atoms with E-state index >= 15 is 0 Å². The van der Waals surface area contributed by atoms with Gasteiger partial charge in [-0.25, -0.2) is 0 Å². The molecule has 1 aliphatic rings. The number of rotatable bonds is 1. The van der Waals surface area contributed by atoms with Gasteiger partial charge < -0.3 is 0 Å². The van der Waals surface area contributed by atoms with Crippen molar-refractivity contribution >= 4 is 39.1 Å². The van der Waals surface area contributed by atoms with Crippen LogP contribution in [-0.4, -0.2) is 50.6 Å². The molecule has 0 aromatic heterocycles. The zero-order valence-corrected chi connectivity index (χ0v) is 9.51. The van der Waals surface area contributed by atoms with Crippen LogP contribution >= 0.6 is 0 Å². The zero-order chi connectivity index (χ0) is 6.85. The maximum atomic E-state index is 10.6. The molecule has 0 saturated carbocycles. The van der Waals surface area contributed by atoms with Crippen LogP contribution in [0.1, 0.15) is 6.92 Å². The molecule has 1 aliphatic heterocycles. The predicted octanol–water partition coefficient (Wildman–Crippen LogP) is -0.450. The summed E-state index contributed by atoms with van der Waals surface area (Å²) in [5, 5.41) is 0. The van der Waals surface area contributed by atoms with Gasteiger partial charge in [0.2, 0.25) is 0 Å². The fraction of sp³-hybridized carbons (Fsp3) is 0.333. The van der Waals surface area contributed by atoms with E-state index < -0.39 is 0 Å².